The maximum absolute atomic E-state index is 12.4. The van der Waals surface area contributed by atoms with Crippen LogP contribution in [0.5, 0.6) is 5.75 Å². The zero-order valence-electron chi connectivity index (χ0n) is 13.8. The summed E-state index contributed by atoms with van der Waals surface area (Å²) in [5.41, 5.74) is 2.81. The molecule has 1 saturated heterocycles. The monoisotopic (exact) mass is 315 g/mol. The van der Waals surface area contributed by atoms with E-state index in [0.717, 1.165) is 19.4 Å². The minimum atomic E-state index is -0.154. The van der Waals surface area contributed by atoms with Gasteiger partial charge < -0.3 is 14.7 Å². The van der Waals surface area contributed by atoms with E-state index in [1.165, 1.54) is 36.8 Å². The number of aromatic hydroxyl groups is 1. The molecule has 1 saturated carbocycles. The van der Waals surface area contributed by atoms with Crippen molar-refractivity contribution in [1.29, 1.82) is 0 Å². The Morgan fingerprint density at radius 1 is 1.39 bits per heavy atom. The van der Waals surface area contributed by atoms with Crippen LogP contribution in [0.25, 0.3) is 0 Å². The van der Waals surface area contributed by atoms with Crippen molar-refractivity contribution in [2.24, 2.45) is 5.92 Å². The number of carbonyl (C=O) groups is 1. The fourth-order valence-corrected chi connectivity index (χ4v) is 5.43. The number of phenols is 1. The third-order valence-electron chi connectivity index (χ3n) is 6.32. The Balaban J connectivity index is 1.78. The summed E-state index contributed by atoms with van der Waals surface area (Å²) in [6.07, 6.45) is 6.58. The van der Waals surface area contributed by atoms with Crippen molar-refractivity contribution in [1.82, 2.24) is 4.90 Å². The molecule has 4 rings (SSSR count). The van der Waals surface area contributed by atoms with Crippen LogP contribution >= 0.6 is 0 Å². The number of likely N-dealkylation sites (tertiary alicyclic amines) is 1. The van der Waals surface area contributed by atoms with Gasteiger partial charge in [-0.05, 0) is 61.8 Å². The van der Waals surface area contributed by atoms with Gasteiger partial charge in [0.2, 0.25) is 0 Å². The first-order chi connectivity index (χ1) is 11.2. The maximum Gasteiger partial charge on any atom is 0.410 e. The first-order valence-electron chi connectivity index (χ1n) is 8.91. The highest BCUT2D eigenvalue weighted by atomic mass is 16.6. The number of amides is 1. The zero-order valence-corrected chi connectivity index (χ0v) is 13.8. The molecule has 1 unspecified atom stereocenters. The third kappa shape index (κ3) is 2.14. The van der Waals surface area contributed by atoms with Crippen LogP contribution in [0.2, 0.25) is 0 Å². The van der Waals surface area contributed by atoms with Crippen LogP contribution < -0.4 is 0 Å². The van der Waals surface area contributed by atoms with Crippen molar-refractivity contribution in [2.45, 2.75) is 56.9 Å². The van der Waals surface area contributed by atoms with E-state index in [1.54, 1.807) is 6.07 Å². The van der Waals surface area contributed by atoms with E-state index in [-0.39, 0.29) is 17.6 Å². The lowest BCUT2D eigenvalue weighted by Crippen LogP contribution is -2.62. The highest BCUT2D eigenvalue weighted by Crippen LogP contribution is 2.56. The number of benzene rings is 1. The number of hydrogen-bond donors (Lipinski definition) is 1. The number of fused-ring (bicyclic) bond motifs is 1. The Bertz CT molecular complexity index is 629. The smallest absolute Gasteiger partial charge is 0.410 e. The number of piperidine rings is 1. The fraction of sp³-hybridized carbons (Fsp3) is 0.632. The fourth-order valence-electron chi connectivity index (χ4n) is 5.43. The summed E-state index contributed by atoms with van der Waals surface area (Å²) in [6, 6.07) is 6.08. The Labute approximate surface area is 137 Å². The molecule has 2 bridgehead atoms. The van der Waals surface area contributed by atoms with Crippen LogP contribution in [0.15, 0.2) is 18.2 Å². The van der Waals surface area contributed by atoms with Crippen LogP contribution in [0, 0.1) is 5.92 Å². The van der Waals surface area contributed by atoms with E-state index in [1.807, 2.05) is 17.9 Å². The van der Waals surface area contributed by atoms with Crippen molar-refractivity contribution >= 4 is 6.09 Å². The van der Waals surface area contributed by atoms with Crippen molar-refractivity contribution in [3.8, 4) is 5.75 Å². The predicted octanol–water partition coefficient (Wildman–Crippen LogP) is 3.61. The summed E-state index contributed by atoms with van der Waals surface area (Å²) in [7, 11) is 0. The molecule has 1 N–H and O–H groups in total. The number of nitrogens with zero attached hydrogens (tertiary/aromatic N) is 1. The molecular formula is C19H25NO3. The summed E-state index contributed by atoms with van der Waals surface area (Å²) in [4.78, 5) is 14.4. The Kier molecular flexibility index (Phi) is 3.51. The molecule has 4 heteroatoms. The molecule has 23 heavy (non-hydrogen) atoms. The van der Waals surface area contributed by atoms with Crippen molar-refractivity contribution in [2.75, 3.05) is 13.2 Å². The minimum Gasteiger partial charge on any atom is -0.508 e. The van der Waals surface area contributed by atoms with E-state index in [9.17, 15) is 9.90 Å². The highest BCUT2D eigenvalue weighted by Gasteiger charge is 2.55. The van der Waals surface area contributed by atoms with Gasteiger partial charge in [-0.2, -0.15) is 0 Å². The molecule has 4 nitrogen and oxygen atoms in total. The quantitative estimate of drug-likeness (QED) is 0.861. The van der Waals surface area contributed by atoms with Crippen LogP contribution in [0.4, 0.5) is 4.79 Å². The average Bonchev–Trinajstić information content (AvgIpc) is 2.56. The van der Waals surface area contributed by atoms with E-state index >= 15 is 0 Å². The van der Waals surface area contributed by atoms with Crippen LogP contribution in [-0.4, -0.2) is 35.3 Å². The standard InChI is InChI=1S/C19H25NO3/c1-2-23-18(22)20-10-9-19-8-4-3-5-15(19)17(20)11-13-6-7-14(21)12-16(13)19/h6-7,12,15,17,21H,2-5,8-11H2,1H3/t15-,17?,19+/m1/s1. The van der Waals surface area contributed by atoms with Crippen LogP contribution in [-0.2, 0) is 16.6 Å². The first-order valence-corrected chi connectivity index (χ1v) is 8.91. The number of ether oxygens (including phenoxy) is 1. The zero-order chi connectivity index (χ0) is 16.0. The highest BCUT2D eigenvalue weighted by molar-refractivity contribution is 5.69. The molecule has 0 aromatic heterocycles. The molecule has 1 heterocycles. The Morgan fingerprint density at radius 3 is 3.09 bits per heavy atom. The van der Waals surface area contributed by atoms with Crippen LogP contribution in [0.1, 0.15) is 50.2 Å². The van der Waals surface area contributed by atoms with E-state index in [4.69, 9.17) is 4.74 Å². The van der Waals surface area contributed by atoms with Gasteiger partial charge in [0.1, 0.15) is 5.75 Å². The largest absolute Gasteiger partial charge is 0.508 e. The maximum atomic E-state index is 12.4. The molecule has 2 aliphatic carbocycles. The van der Waals surface area contributed by atoms with Crippen molar-refractivity contribution < 1.29 is 14.6 Å². The molecule has 124 valence electrons. The van der Waals surface area contributed by atoms with Gasteiger partial charge in [0.15, 0.2) is 0 Å². The molecule has 1 aliphatic heterocycles. The number of phenolic OH excluding ortho intramolecular Hbond substituents is 1. The van der Waals surface area contributed by atoms with Gasteiger partial charge in [-0.3, -0.25) is 0 Å². The van der Waals surface area contributed by atoms with Gasteiger partial charge >= 0.3 is 6.09 Å². The molecule has 3 aliphatic rings. The number of hydrogen-bond acceptors (Lipinski definition) is 3. The summed E-state index contributed by atoms with van der Waals surface area (Å²) in [5, 5.41) is 10.00. The van der Waals surface area contributed by atoms with Gasteiger partial charge in [-0.25, -0.2) is 4.79 Å². The molecular weight excluding hydrogens is 290 g/mol. The molecule has 1 aromatic rings. The molecule has 0 spiro atoms. The van der Waals surface area contributed by atoms with E-state index in [0.29, 0.717) is 18.3 Å². The lowest BCUT2D eigenvalue weighted by Gasteiger charge is -2.58. The van der Waals surface area contributed by atoms with Crippen molar-refractivity contribution in [3.05, 3.63) is 29.3 Å². The molecule has 1 aromatic carbocycles. The lowest BCUT2D eigenvalue weighted by molar-refractivity contribution is -0.0110. The SMILES string of the molecule is CCOC(=O)N1CC[C@@]23CCCC[C@@H]2C1Cc1ccc(O)cc13. The van der Waals surface area contributed by atoms with Crippen molar-refractivity contribution in [3.63, 3.8) is 0 Å². The molecule has 0 radical (unpaired) electrons. The van der Waals surface area contributed by atoms with Gasteiger partial charge in [-0.1, -0.05) is 18.9 Å². The second-order valence-electron chi connectivity index (χ2n) is 7.26. The number of carbonyl (C=O) groups excluding carboxylic acids is 1. The summed E-state index contributed by atoms with van der Waals surface area (Å²) >= 11 is 0. The third-order valence-corrected chi connectivity index (χ3v) is 6.32. The topological polar surface area (TPSA) is 49.8 Å². The molecule has 2 fully saturated rings. The van der Waals surface area contributed by atoms with E-state index < -0.39 is 0 Å². The van der Waals surface area contributed by atoms with E-state index in [2.05, 4.69) is 6.07 Å². The van der Waals surface area contributed by atoms with Gasteiger partial charge in [-0.15, -0.1) is 0 Å². The second kappa shape index (κ2) is 5.43. The molecule has 3 atom stereocenters. The molecule has 1 amide bonds. The predicted molar refractivity (Wildman–Crippen MR) is 87.6 cm³/mol. The number of rotatable bonds is 1. The van der Waals surface area contributed by atoms with Gasteiger partial charge in [0, 0.05) is 18.0 Å². The van der Waals surface area contributed by atoms with Gasteiger partial charge in [0.25, 0.3) is 0 Å². The lowest BCUT2D eigenvalue weighted by atomic mass is 9.52. The Hall–Kier alpha value is -1.71. The summed E-state index contributed by atoms with van der Waals surface area (Å²) < 4.78 is 5.30. The second-order valence-corrected chi connectivity index (χ2v) is 7.26. The summed E-state index contributed by atoms with van der Waals surface area (Å²) in [5.74, 6) is 0.873. The minimum absolute atomic E-state index is 0.151. The first kappa shape index (κ1) is 14.9. The Morgan fingerprint density at radius 2 is 2.26 bits per heavy atom. The van der Waals surface area contributed by atoms with Gasteiger partial charge in [0.05, 0.1) is 6.61 Å². The summed E-state index contributed by atoms with van der Waals surface area (Å²) in [6.45, 7) is 3.07. The van der Waals surface area contributed by atoms with Crippen LogP contribution in [0.3, 0.4) is 0 Å². The average molecular weight is 315 g/mol. The normalized spacial score (nSPS) is 32.0.